The first-order valence-electron chi connectivity index (χ1n) is 8.56. The van der Waals surface area contributed by atoms with E-state index in [2.05, 4.69) is 17.9 Å². The maximum atomic E-state index is 12.9. The maximum Gasteiger partial charge on any atom is 0.258 e. The Morgan fingerprint density at radius 1 is 1.04 bits per heavy atom. The molecule has 3 rings (SSSR count). The van der Waals surface area contributed by atoms with Crippen molar-refractivity contribution >= 4 is 23.0 Å². The largest absolute Gasteiger partial charge is 0.399 e. The number of piperidine rings is 1. The molecule has 0 unspecified atom stereocenters. The number of hydrogen-bond acceptors (Lipinski definition) is 3. The summed E-state index contributed by atoms with van der Waals surface area (Å²) in [6, 6.07) is 13.3. The number of benzene rings is 2. The Morgan fingerprint density at radius 2 is 1.71 bits per heavy atom. The van der Waals surface area contributed by atoms with Crippen LogP contribution in [0.3, 0.4) is 0 Å². The molecule has 0 aliphatic carbocycles. The molecular formula is C20H25N3O. The molecule has 0 radical (unpaired) electrons. The lowest BCUT2D eigenvalue weighted by Gasteiger charge is -2.34. The average Bonchev–Trinajstić information content (AvgIpc) is 2.61. The third kappa shape index (κ3) is 3.23. The van der Waals surface area contributed by atoms with Crippen LogP contribution in [0.25, 0.3) is 0 Å². The van der Waals surface area contributed by atoms with Crippen LogP contribution in [0.2, 0.25) is 0 Å². The van der Waals surface area contributed by atoms with E-state index in [1.54, 1.807) is 29.2 Å². The zero-order chi connectivity index (χ0) is 17.1. The minimum atomic E-state index is -0.0149. The number of nitrogens with two attached hydrogens (primary N) is 1. The minimum Gasteiger partial charge on any atom is -0.399 e. The fraction of sp³-hybridized carbons (Fsp3) is 0.350. The highest BCUT2D eigenvalue weighted by Crippen LogP contribution is 2.34. The second kappa shape index (κ2) is 6.95. The molecule has 1 saturated heterocycles. The normalized spacial score (nSPS) is 14.5. The van der Waals surface area contributed by atoms with E-state index in [0.29, 0.717) is 11.3 Å². The van der Waals surface area contributed by atoms with Gasteiger partial charge in [-0.25, -0.2) is 0 Å². The third-order valence-electron chi connectivity index (χ3n) is 4.71. The van der Waals surface area contributed by atoms with Crippen LogP contribution >= 0.6 is 0 Å². The molecule has 0 spiro atoms. The lowest BCUT2D eigenvalue weighted by molar-refractivity contribution is 0.0993. The van der Waals surface area contributed by atoms with E-state index in [-0.39, 0.29) is 5.91 Å². The number of aryl methyl sites for hydroxylation is 1. The molecule has 0 aromatic heterocycles. The smallest absolute Gasteiger partial charge is 0.258 e. The zero-order valence-corrected chi connectivity index (χ0v) is 14.5. The zero-order valence-electron chi connectivity index (χ0n) is 14.5. The number of anilines is 3. The van der Waals surface area contributed by atoms with Crippen LogP contribution in [0.4, 0.5) is 17.1 Å². The summed E-state index contributed by atoms with van der Waals surface area (Å²) in [5, 5.41) is 0. The topological polar surface area (TPSA) is 49.6 Å². The van der Waals surface area contributed by atoms with Gasteiger partial charge in [0, 0.05) is 31.4 Å². The highest BCUT2D eigenvalue weighted by Gasteiger charge is 2.22. The summed E-state index contributed by atoms with van der Waals surface area (Å²) >= 11 is 0. The van der Waals surface area contributed by atoms with E-state index in [1.165, 1.54) is 30.5 Å². The standard InChI is InChI=1S/C20H25N3O/c1-15-7-6-8-18(19(15)23-13-4-3-5-14-23)22(2)20(24)16-9-11-17(21)12-10-16/h6-12H,3-5,13-14,21H2,1-2H3. The SMILES string of the molecule is Cc1cccc(N(C)C(=O)c2ccc(N)cc2)c1N1CCCCC1. The molecule has 24 heavy (non-hydrogen) atoms. The van der Waals surface area contributed by atoms with Gasteiger partial charge >= 0.3 is 0 Å². The fourth-order valence-electron chi connectivity index (χ4n) is 3.37. The van der Waals surface area contributed by atoms with E-state index in [4.69, 9.17) is 5.73 Å². The van der Waals surface area contributed by atoms with Gasteiger partial charge in [-0.2, -0.15) is 0 Å². The lowest BCUT2D eigenvalue weighted by Crippen LogP contribution is -2.33. The lowest BCUT2D eigenvalue weighted by atomic mass is 10.1. The van der Waals surface area contributed by atoms with Crippen molar-refractivity contribution in [2.45, 2.75) is 26.2 Å². The van der Waals surface area contributed by atoms with Crippen molar-refractivity contribution in [1.82, 2.24) is 0 Å². The van der Waals surface area contributed by atoms with Gasteiger partial charge in [0.25, 0.3) is 5.91 Å². The molecule has 126 valence electrons. The summed E-state index contributed by atoms with van der Waals surface area (Å²) in [6.45, 7) is 4.23. The van der Waals surface area contributed by atoms with E-state index in [9.17, 15) is 4.79 Å². The number of carbonyl (C=O) groups is 1. The maximum absolute atomic E-state index is 12.9. The highest BCUT2D eigenvalue weighted by molar-refractivity contribution is 6.07. The average molecular weight is 323 g/mol. The van der Waals surface area contributed by atoms with E-state index in [1.807, 2.05) is 19.2 Å². The molecule has 0 atom stereocenters. The number of hydrogen-bond donors (Lipinski definition) is 1. The van der Waals surface area contributed by atoms with Crippen LogP contribution in [-0.2, 0) is 0 Å². The predicted octanol–water partition coefficient (Wildman–Crippen LogP) is 3.84. The second-order valence-electron chi connectivity index (χ2n) is 6.48. The molecule has 1 fully saturated rings. The fourth-order valence-corrected chi connectivity index (χ4v) is 3.37. The van der Waals surface area contributed by atoms with Crippen molar-refractivity contribution in [1.29, 1.82) is 0 Å². The Labute approximate surface area is 143 Å². The second-order valence-corrected chi connectivity index (χ2v) is 6.48. The summed E-state index contributed by atoms with van der Waals surface area (Å²) in [7, 11) is 1.85. The first-order valence-corrected chi connectivity index (χ1v) is 8.56. The Bertz CT molecular complexity index is 718. The first kappa shape index (κ1) is 16.4. The van der Waals surface area contributed by atoms with Gasteiger partial charge in [-0.05, 0) is 62.1 Å². The number of nitrogen functional groups attached to an aromatic ring is 1. The third-order valence-corrected chi connectivity index (χ3v) is 4.71. The number of nitrogens with zero attached hydrogens (tertiary/aromatic N) is 2. The molecule has 0 saturated carbocycles. The van der Waals surface area contributed by atoms with Crippen LogP contribution < -0.4 is 15.5 Å². The minimum absolute atomic E-state index is 0.0149. The van der Waals surface area contributed by atoms with Gasteiger partial charge < -0.3 is 15.5 Å². The van der Waals surface area contributed by atoms with Gasteiger partial charge in [-0.1, -0.05) is 12.1 Å². The number of amides is 1. The van der Waals surface area contributed by atoms with Gasteiger partial charge in [-0.3, -0.25) is 4.79 Å². The summed E-state index contributed by atoms with van der Waals surface area (Å²) in [4.78, 5) is 17.0. The van der Waals surface area contributed by atoms with Crippen molar-refractivity contribution < 1.29 is 4.79 Å². The predicted molar refractivity (Wildman–Crippen MR) is 101 cm³/mol. The van der Waals surface area contributed by atoms with Crippen LogP contribution in [0, 0.1) is 6.92 Å². The Hall–Kier alpha value is -2.49. The monoisotopic (exact) mass is 323 g/mol. The summed E-state index contributed by atoms with van der Waals surface area (Å²) in [5.41, 5.74) is 10.4. The summed E-state index contributed by atoms with van der Waals surface area (Å²) in [5.74, 6) is -0.0149. The quantitative estimate of drug-likeness (QED) is 0.873. The van der Waals surface area contributed by atoms with Crippen molar-refractivity contribution in [2.75, 3.05) is 35.7 Å². The molecule has 1 aliphatic heterocycles. The molecule has 1 heterocycles. The van der Waals surface area contributed by atoms with Gasteiger partial charge in [-0.15, -0.1) is 0 Å². The van der Waals surface area contributed by atoms with Crippen LogP contribution in [-0.4, -0.2) is 26.0 Å². The molecular weight excluding hydrogens is 298 g/mol. The molecule has 0 bridgehead atoms. The molecule has 4 heteroatoms. The van der Waals surface area contributed by atoms with E-state index in [0.717, 1.165) is 18.8 Å². The molecule has 1 amide bonds. The molecule has 2 aromatic rings. The van der Waals surface area contributed by atoms with Crippen molar-refractivity contribution in [3.63, 3.8) is 0 Å². The van der Waals surface area contributed by atoms with Gasteiger partial charge in [0.05, 0.1) is 11.4 Å². The van der Waals surface area contributed by atoms with Gasteiger partial charge in [0.2, 0.25) is 0 Å². The molecule has 2 N–H and O–H groups in total. The van der Waals surface area contributed by atoms with E-state index >= 15 is 0 Å². The molecule has 4 nitrogen and oxygen atoms in total. The van der Waals surface area contributed by atoms with Crippen LogP contribution in [0.1, 0.15) is 35.2 Å². The summed E-state index contributed by atoms with van der Waals surface area (Å²) in [6.07, 6.45) is 3.71. The molecule has 2 aromatic carbocycles. The van der Waals surface area contributed by atoms with Crippen LogP contribution in [0.15, 0.2) is 42.5 Å². The number of carbonyl (C=O) groups excluding carboxylic acids is 1. The van der Waals surface area contributed by atoms with Gasteiger partial charge in [0.15, 0.2) is 0 Å². The first-order chi connectivity index (χ1) is 11.6. The van der Waals surface area contributed by atoms with Crippen molar-refractivity contribution in [3.8, 4) is 0 Å². The van der Waals surface area contributed by atoms with Gasteiger partial charge in [0.1, 0.15) is 0 Å². The Kier molecular flexibility index (Phi) is 4.74. The van der Waals surface area contributed by atoms with Crippen LogP contribution in [0.5, 0.6) is 0 Å². The van der Waals surface area contributed by atoms with Crippen molar-refractivity contribution in [3.05, 3.63) is 53.6 Å². The number of rotatable bonds is 3. The summed E-state index contributed by atoms with van der Waals surface area (Å²) < 4.78 is 0. The van der Waals surface area contributed by atoms with E-state index < -0.39 is 0 Å². The van der Waals surface area contributed by atoms with Crippen molar-refractivity contribution in [2.24, 2.45) is 0 Å². The molecule has 1 aliphatic rings. The highest BCUT2D eigenvalue weighted by atomic mass is 16.2. The number of para-hydroxylation sites is 1. The Balaban J connectivity index is 1.94. The Morgan fingerprint density at radius 3 is 2.38 bits per heavy atom.